The van der Waals surface area contributed by atoms with Crippen LogP contribution in [0.15, 0.2) is 35.2 Å². The Kier molecular flexibility index (Phi) is 3.57. The van der Waals surface area contributed by atoms with E-state index in [4.69, 9.17) is 9.84 Å². The highest BCUT2D eigenvalue weighted by Gasteiger charge is 2.16. The predicted molar refractivity (Wildman–Crippen MR) is 67.9 cm³/mol. The number of nitrogens with zero attached hydrogens (tertiary/aromatic N) is 2. The van der Waals surface area contributed by atoms with Gasteiger partial charge in [-0.3, -0.25) is 4.98 Å². The highest BCUT2D eigenvalue weighted by molar-refractivity contribution is 9.10. The summed E-state index contributed by atoms with van der Waals surface area (Å²) in [5.74, 6) is -0.592. The van der Waals surface area contributed by atoms with Gasteiger partial charge >= 0.3 is 5.97 Å². The zero-order valence-electron chi connectivity index (χ0n) is 9.42. The molecule has 0 bridgehead atoms. The van der Waals surface area contributed by atoms with Crippen molar-refractivity contribution in [1.29, 1.82) is 0 Å². The summed E-state index contributed by atoms with van der Waals surface area (Å²) in [6, 6.07) is 3.30. The van der Waals surface area contributed by atoms with Crippen molar-refractivity contribution >= 4 is 21.9 Å². The smallest absolute Gasteiger partial charge is 0.341 e. The van der Waals surface area contributed by atoms with Gasteiger partial charge in [-0.25, -0.2) is 9.78 Å². The minimum absolute atomic E-state index is 0.0532. The molecule has 1 N–H and O–H groups in total. The molecule has 0 aliphatic carbocycles. The van der Waals surface area contributed by atoms with E-state index in [0.717, 1.165) is 4.47 Å². The molecule has 0 unspecified atom stereocenters. The van der Waals surface area contributed by atoms with Crippen molar-refractivity contribution in [3.8, 4) is 11.6 Å². The van der Waals surface area contributed by atoms with Gasteiger partial charge in [0.1, 0.15) is 11.3 Å². The summed E-state index contributed by atoms with van der Waals surface area (Å²) in [5.41, 5.74) is 0.646. The molecule has 0 saturated heterocycles. The minimum atomic E-state index is -1.07. The van der Waals surface area contributed by atoms with Crippen molar-refractivity contribution in [3.63, 3.8) is 0 Å². The molecule has 18 heavy (non-hydrogen) atoms. The first-order chi connectivity index (χ1) is 8.58. The van der Waals surface area contributed by atoms with Gasteiger partial charge in [0.05, 0.1) is 6.20 Å². The van der Waals surface area contributed by atoms with Gasteiger partial charge in [-0.05, 0) is 40.5 Å². The van der Waals surface area contributed by atoms with E-state index in [9.17, 15) is 4.79 Å². The molecular weight excluding hydrogens is 300 g/mol. The second kappa shape index (κ2) is 5.14. The number of carboxylic acid groups (broad SMARTS) is 1. The molecule has 92 valence electrons. The number of ether oxygens (including phenoxy) is 1. The van der Waals surface area contributed by atoms with Crippen LogP contribution in [0, 0.1) is 6.92 Å². The van der Waals surface area contributed by atoms with Crippen LogP contribution in [0.2, 0.25) is 0 Å². The van der Waals surface area contributed by atoms with Gasteiger partial charge in [-0.15, -0.1) is 0 Å². The fourth-order valence-corrected chi connectivity index (χ4v) is 1.77. The molecule has 0 amide bonds. The molecule has 6 heteroatoms. The summed E-state index contributed by atoms with van der Waals surface area (Å²) in [6.45, 7) is 1.69. The number of pyridine rings is 2. The first kappa shape index (κ1) is 12.5. The second-order valence-corrected chi connectivity index (χ2v) is 4.47. The first-order valence-corrected chi connectivity index (χ1v) is 5.84. The molecule has 0 fully saturated rings. The summed E-state index contributed by atoms with van der Waals surface area (Å²) in [6.07, 6.45) is 4.59. The summed E-state index contributed by atoms with van der Waals surface area (Å²) < 4.78 is 6.19. The molecule has 2 heterocycles. The zero-order valence-corrected chi connectivity index (χ0v) is 11.0. The van der Waals surface area contributed by atoms with E-state index in [1.54, 1.807) is 25.3 Å². The van der Waals surface area contributed by atoms with Gasteiger partial charge < -0.3 is 9.84 Å². The maximum atomic E-state index is 11.2. The van der Waals surface area contributed by atoms with Crippen molar-refractivity contribution in [1.82, 2.24) is 9.97 Å². The van der Waals surface area contributed by atoms with Crippen LogP contribution in [-0.4, -0.2) is 21.0 Å². The molecule has 0 aromatic carbocycles. The lowest BCUT2D eigenvalue weighted by atomic mass is 10.1. The molecule has 2 rings (SSSR count). The van der Waals surface area contributed by atoms with E-state index in [1.807, 2.05) is 0 Å². The van der Waals surface area contributed by atoms with Gasteiger partial charge in [-0.1, -0.05) is 0 Å². The Morgan fingerprint density at radius 3 is 2.89 bits per heavy atom. The van der Waals surface area contributed by atoms with Crippen molar-refractivity contribution in [2.24, 2.45) is 0 Å². The molecule has 0 atom stereocenters. The average Bonchev–Trinajstić information content (AvgIpc) is 2.28. The largest absolute Gasteiger partial charge is 0.477 e. The molecule has 0 saturated carbocycles. The van der Waals surface area contributed by atoms with Gasteiger partial charge in [0.25, 0.3) is 0 Å². The van der Waals surface area contributed by atoms with E-state index in [1.165, 1.54) is 12.4 Å². The predicted octanol–water partition coefficient (Wildman–Crippen LogP) is 3.04. The van der Waals surface area contributed by atoms with Gasteiger partial charge in [0.15, 0.2) is 0 Å². The number of rotatable bonds is 3. The molecular formula is C12H9BrN2O3. The molecule has 2 aromatic rings. The summed E-state index contributed by atoms with van der Waals surface area (Å²) >= 11 is 3.26. The molecule has 5 nitrogen and oxygen atoms in total. The maximum absolute atomic E-state index is 11.2. The van der Waals surface area contributed by atoms with E-state index in [-0.39, 0.29) is 11.4 Å². The number of hydrogen-bond donors (Lipinski definition) is 1. The standard InChI is InChI=1S/C12H9BrN2O3/c1-7-2-3-15-11(10(7)12(16)17)18-9-4-8(13)5-14-6-9/h2-6H,1H3,(H,16,17). The number of carbonyl (C=O) groups is 1. The van der Waals surface area contributed by atoms with Crippen LogP contribution in [0.3, 0.4) is 0 Å². The highest BCUT2D eigenvalue weighted by atomic mass is 79.9. The topological polar surface area (TPSA) is 72.3 Å². The fourth-order valence-electron chi connectivity index (χ4n) is 1.43. The summed E-state index contributed by atoms with van der Waals surface area (Å²) in [4.78, 5) is 19.0. The van der Waals surface area contributed by atoms with E-state index < -0.39 is 5.97 Å². The number of hydrogen-bond acceptors (Lipinski definition) is 4. The van der Waals surface area contributed by atoms with Crippen molar-refractivity contribution < 1.29 is 14.6 Å². The van der Waals surface area contributed by atoms with Crippen molar-refractivity contribution in [2.45, 2.75) is 6.92 Å². The van der Waals surface area contributed by atoms with Gasteiger partial charge in [0, 0.05) is 16.9 Å². The van der Waals surface area contributed by atoms with E-state index in [2.05, 4.69) is 25.9 Å². The number of aromatic carboxylic acids is 1. The first-order valence-electron chi connectivity index (χ1n) is 5.05. The third-order valence-electron chi connectivity index (χ3n) is 2.23. The zero-order chi connectivity index (χ0) is 13.1. The minimum Gasteiger partial charge on any atom is -0.477 e. The Bertz CT molecular complexity index is 602. The van der Waals surface area contributed by atoms with Crippen LogP contribution >= 0.6 is 15.9 Å². The fraction of sp³-hybridized carbons (Fsp3) is 0.0833. The molecule has 0 aliphatic heterocycles. The highest BCUT2D eigenvalue weighted by Crippen LogP contribution is 2.26. The lowest BCUT2D eigenvalue weighted by molar-refractivity contribution is 0.0692. The quantitative estimate of drug-likeness (QED) is 0.943. The van der Waals surface area contributed by atoms with Crippen LogP contribution in [0.25, 0.3) is 0 Å². The van der Waals surface area contributed by atoms with E-state index in [0.29, 0.717) is 11.3 Å². The van der Waals surface area contributed by atoms with Crippen molar-refractivity contribution in [3.05, 3.63) is 46.3 Å². The normalized spacial score (nSPS) is 10.1. The molecule has 2 aromatic heterocycles. The van der Waals surface area contributed by atoms with Crippen LogP contribution in [0.4, 0.5) is 0 Å². The van der Waals surface area contributed by atoms with E-state index >= 15 is 0 Å². The molecule has 0 radical (unpaired) electrons. The van der Waals surface area contributed by atoms with Crippen LogP contribution in [0.5, 0.6) is 11.6 Å². The molecule has 0 aliphatic rings. The maximum Gasteiger partial charge on any atom is 0.341 e. The Morgan fingerprint density at radius 1 is 1.44 bits per heavy atom. The number of aryl methyl sites for hydroxylation is 1. The SMILES string of the molecule is Cc1ccnc(Oc2cncc(Br)c2)c1C(=O)O. The Hall–Kier alpha value is -1.95. The second-order valence-electron chi connectivity index (χ2n) is 3.55. The number of halogens is 1. The third-order valence-corrected chi connectivity index (χ3v) is 2.67. The van der Waals surface area contributed by atoms with Crippen LogP contribution < -0.4 is 4.74 Å². The number of aromatic nitrogens is 2. The lowest BCUT2D eigenvalue weighted by Gasteiger charge is -2.09. The van der Waals surface area contributed by atoms with Gasteiger partial charge in [0.2, 0.25) is 5.88 Å². The summed E-state index contributed by atoms with van der Waals surface area (Å²) in [5, 5.41) is 9.13. The Labute approximate surface area is 112 Å². The monoisotopic (exact) mass is 308 g/mol. The van der Waals surface area contributed by atoms with Crippen molar-refractivity contribution in [2.75, 3.05) is 0 Å². The van der Waals surface area contributed by atoms with Crippen LogP contribution in [-0.2, 0) is 0 Å². The Morgan fingerprint density at radius 2 is 2.22 bits per heavy atom. The Balaban J connectivity index is 2.40. The molecule has 0 spiro atoms. The third kappa shape index (κ3) is 2.65. The summed E-state index contributed by atoms with van der Waals surface area (Å²) in [7, 11) is 0. The lowest BCUT2D eigenvalue weighted by Crippen LogP contribution is -2.04. The number of carboxylic acids is 1. The van der Waals surface area contributed by atoms with Crippen LogP contribution in [0.1, 0.15) is 15.9 Å². The average molecular weight is 309 g/mol. The van der Waals surface area contributed by atoms with Gasteiger partial charge in [-0.2, -0.15) is 0 Å².